The summed E-state index contributed by atoms with van der Waals surface area (Å²) in [5.41, 5.74) is 1.66. The van der Waals surface area contributed by atoms with Gasteiger partial charge in [-0.3, -0.25) is 4.79 Å². The van der Waals surface area contributed by atoms with E-state index in [1.165, 1.54) is 18.6 Å². The van der Waals surface area contributed by atoms with Crippen molar-refractivity contribution >= 4 is 18.0 Å². The van der Waals surface area contributed by atoms with Crippen molar-refractivity contribution in [3.05, 3.63) is 53.9 Å². The number of nitrogens with one attached hydrogen (secondary N) is 1. The molecule has 0 saturated heterocycles. The Hall–Kier alpha value is -2.96. The van der Waals surface area contributed by atoms with Crippen molar-refractivity contribution < 1.29 is 14.3 Å². The molecule has 0 spiro atoms. The third-order valence-electron chi connectivity index (χ3n) is 5.83. The first kappa shape index (κ1) is 21.7. The number of esters is 1. The van der Waals surface area contributed by atoms with Crippen LogP contribution in [0.4, 0.5) is 0 Å². The van der Waals surface area contributed by atoms with Gasteiger partial charge in [-0.2, -0.15) is 0 Å². The van der Waals surface area contributed by atoms with Crippen molar-refractivity contribution in [2.45, 2.75) is 58.7 Å². The van der Waals surface area contributed by atoms with Crippen LogP contribution in [0.15, 0.2) is 42.6 Å². The standard InChI is InChI=1S/C23H30N4O3/c1-16-8-7-11-21(17(16)2)24-23(29)18(3)30-22(28)13-12-20-15-27(26-25-20)14-19-9-5-4-6-10-19/h4-6,9-10,12-13,15-18,21H,7-8,11,14H2,1-3H3,(H,24,29)/b13-12+/t16-,17-,18-,21+/m1/s1. The quantitative estimate of drug-likeness (QED) is 0.560. The lowest BCUT2D eigenvalue weighted by atomic mass is 9.78. The first-order valence-electron chi connectivity index (χ1n) is 10.6. The zero-order valence-electron chi connectivity index (χ0n) is 17.8. The fourth-order valence-corrected chi connectivity index (χ4v) is 3.74. The molecule has 0 bridgehead atoms. The van der Waals surface area contributed by atoms with Crippen molar-refractivity contribution in [3.8, 4) is 0 Å². The lowest BCUT2D eigenvalue weighted by Crippen LogP contribution is -2.47. The molecule has 1 aliphatic carbocycles. The van der Waals surface area contributed by atoms with Gasteiger partial charge in [0.05, 0.1) is 12.7 Å². The van der Waals surface area contributed by atoms with E-state index in [0.29, 0.717) is 24.1 Å². The van der Waals surface area contributed by atoms with E-state index in [9.17, 15) is 9.59 Å². The molecular weight excluding hydrogens is 380 g/mol. The smallest absolute Gasteiger partial charge is 0.331 e. The summed E-state index contributed by atoms with van der Waals surface area (Å²) in [6, 6.07) is 10.1. The maximum Gasteiger partial charge on any atom is 0.331 e. The van der Waals surface area contributed by atoms with Crippen LogP contribution >= 0.6 is 0 Å². The van der Waals surface area contributed by atoms with E-state index in [1.54, 1.807) is 17.8 Å². The summed E-state index contributed by atoms with van der Waals surface area (Å²) in [6.45, 7) is 6.57. The van der Waals surface area contributed by atoms with Crippen molar-refractivity contribution in [1.82, 2.24) is 20.3 Å². The number of rotatable bonds is 7. The van der Waals surface area contributed by atoms with Gasteiger partial charge in [0.25, 0.3) is 5.91 Å². The molecule has 1 aliphatic rings. The van der Waals surface area contributed by atoms with E-state index >= 15 is 0 Å². The number of aromatic nitrogens is 3. The van der Waals surface area contributed by atoms with E-state index < -0.39 is 12.1 Å². The highest BCUT2D eigenvalue weighted by molar-refractivity contribution is 5.90. The van der Waals surface area contributed by atoms with Gasteiger partial charge in [-0.15, -0.1) is 5.10 Å². The van der Waals surface area contributed by atoms with Crippen LogP contribution in [0, 0.1) is 11.8 Å². The Labute approximate surface area is 177 Å². The summed E-state index contributed by atoms with van der Waals surface area (Å²) in [4.78, 5) is 24.5. The van der Waals surface area contributed by atoms with Gasteiger partial charge >= 0.3 is 5.97 Å². The highest BCUT2D eigenvalue weighted by Crippen LogP contribution is 2.29. The summed E-state index contributed by atoms with van der Waals surface area (Å²) in [5, 5.41) is 11.1. The predicted molar refractivity (Wildman–Crippen MR) is 114 cm³/mol. The molecule has 0 aliphatic heterocycles. The molecule has 1 heterocycles. The average molecular weight is 411 g/mol. The topological polar surface area (TPSA) is 86.1 Å². The molecule has 1 aromatic carbocycles. The van der Waals surface area contributed by atoms with Crippen molar-refractivity contribution in [2.24, 2.45) is 11.8 Å². The summed E-state index contributed by atoms with van der Waals surface area (Å²) in [7, 11) is 0. The van der Waals surface area contributed by atoms with Gasteiger partial charge in [-0.05, 0) is 36.8 Å². The number of hydrogen-bond donors (Lipinski definition) is 1. The summed E-state index contributed by atoms with van der Waals surface area (Å²) >= 11 is 0. The molecule has 7 nitrogen and oxygen atoms in total. The van der Waals surface area contributed by atoms with Crippen molar-refractivity contribution in [1.29, 1.82) is 0 Å². The fraction of sp³-hybridized carbons (Fsp3) is 0.478. The van der Waals surface area contributed by atoms with E-state index in [-0.39, 0.29) is 11.9 Å². The van der Waals surface area contributed by atoms with Crippen LogP contribution in [0.3, 0.4) is 0 Å². The van der Waals surface area contributed by atoms with Crippen LogP contribution in [-0.4, -0.2) is 39.0 Å². The monoisotopic (exact) mass is 410 g/mol. The summed E-state index contributed by atoms with van der Waals surface area (Å²) in [5.74, 6) is 0.168. The van der Waals surface area contributed by atoms with Crippen molar-refractivity contribution in [3.63, 3.8) is 0 Å². The lowest BCUT2D eigenvalue weighted by Gasteiger charge is -2.35. The molecule has 1 amide bonds. The van der Waals surface area contributed by atoms with Crippen LogP contribution in [-0.2, 0) is 20.9 Å². The number of nitrogens with zero attached hydrogens (tertiary/aromatic N) is 3. The van der Waals surface area contributed by atoms with Gasteiger partial charge in [0.2, 0.25) is 0 Å². The van der Waals surface area contributed by atoms with Gasteiger partial charge in [0, 0.05) is 12.1 Å². The number of benzene rings is 1. The molecule has 2 aromatic rings. The number of hydrogen-bond acceptors (Lipinski definition) is 5. The second kappa shape index (κ2) is 10.2. The zero-order chi connectivity index (χ0) is 21.5. The van der Waals surface area contributed by atoms with E-state index in [2.05, 4.69) is 29.5 Å². The van der Waals surface area contributed by atoms with Gasteiger partial charge in [0.1, 0.15) is 5.69 Å². The van der Waals surface area contributed by atoms with Gasteiger partial charge in [0.15, 0.2) is 6.10 Å². The number of ether oxygens (including phenoxy) is 1. The Morgan fingerprint density at radius 2 is 2.03 bits per heavy atom. The highest BCUT2D eigenvalue weighted by Gasteiger charge is 2.29. The number of carbonyl (C=O) groups is 2. The predicted octanol–water partition coefficient (Wildman–Crippen LogP) is 3.21. The minimum atomic E-state index is -0.847. The molecule has 30 heavy (non-hydrogen) atoms. The molecule has 0 unspecified atom stereocenters. The van der Waals surface area contributed by atoms with Crippen LogP contribution in [0.5, 0.6) is 0 Å². The number of amides is 1. The highest BCUT2D eigenvalue weighted by atomic mass is 16.5. The normalized spacial score (nSPS) is 22.6. The molecule has 1 fully saturated rings. The zero-order valence-corrected chi connectivity index (χ0v) is 17.8. The lowest BCUT2D eigenvalue weighted by molar-refractivity contribution is -0.150. The van der Waals surface area contributed by atoms with Gasteiger partial charge in [-0.25, -0.2) is 9.48 Å². The van der Waals surface area contributed by atoms with Crippen molar-refractivity contribution in [2.75, 3.05) is 0 Å². The SMILES string of the molecule is C[C@@H]1[C@H](C)CCC[C@@H]1NC(=O)[C@@H](C)OC(=O)/C=C/c1cn(Cc2ccccc2)nn1. The van der Waals surface area contributed by atoms with Crippen LogP contribution in [0.2, 0.25) is 0 Å². The van der Waals surface area contributed by atoms with E-state index in [1.807, 2.05) is 30.3 Å². The first-order chi connectivity index (χ1) is 14.4. The van der Waals surface area contributed by atoms with Gasteiger partial charge in [-0.1, -0.05) is 62.2 Å². The second-order valence-electron chi connectivity index (χ2n) is 8.12. The van der Waals surface area contributed by atoms with Gasteiger partial charge < -0.3 is 10.1 Å². The molecule has 3 rings (SSSR count). The molecule has 4 atom stereocenters. The maximum atomic E-state index is 12.4. The third kappa shape index (κ3) is 6.02. The van der Waals surface area contributed by atoms with E-state index in [4.69, 9.17) is 4.74 Å². The Kier molecular flexibility index (Phi) is 7.38. The largest absolute Gasteiger partial charge is 0.449 e. The van der Waals surface area contributed by atoms with Crippen LogP contribution < -0.4 is 5.32 Å². The van der Waals surface area contributed by atoms with E-state index in [0.717, 1.165) is 18.4 Å². The minimum Gasteiger partial charge on any atom is -0.449 e. The third-order valence-corrected chi connectivity index (χ3v) is 5.83. The molecule has 7 heteroatoms. The Bertz CT molecular complexity index is 878. The second-order valence-corrected chi connectivity index (χ2v) is 8.12. The Balaban J connectivity index is 1.47. The molecule has 1 aromatic heterocycles. The molecular formula is C23H30N4O3. The fourth-order valence-electron chi connectivity index (χ4n) is 3.74. The van der Waals surface area contributed by atoms with Crippen LogP contribution in [0.25, 0.3) is 6.08 Å². The Morgan fingerprint density at radius 1 is 1.27 bits per heavy atom. The maximum absolute atomic E-state index is 12.4. The Morgan fingerprint density at radius 3 is 2.80 bits per heavy atom. The molecule has 0 radical (unpaired) electrons. The minimum absolute atomic E-state index is 0.137. The molecule has 1 N–H and O–H groups in total. The molecule has 160 valence electrons. The number of carbonyl (C=O) groups excluding carboxylic acids is 2. The average Bonchev–Trinajstić information content (AvgIpc) is 3.18. The molecule has 1 saturated carbocycles. The first-order valence-corrected chi connectivity index (χ1v) is 10.6. The summed E-state index contributed by atoms with van der Waals surface area (Å²) < 4.78 is 6.94. The van der Waals surface area contributed by atoms with Crippen LogP contribution in [0.1, 0.15) is 51.3 Å². The summed E-state index contributed by atoms with van der Waals surface area (Å²) in [6.07, 6.45) is 6.98.